The van der Waals surface area contributed by atoms with Gasteiger partial charge in [-0.1, -0.05) is 54.1 Å². The van der Waals surface area contributed by atoms with E-state index in [1.807, 2.05) is 67.3 Å². The van der Waals surface area contributed by atoms with E-state index in [2.05, 4.69) is 12.1 Å². The lowest BCUT2D eigenvalue weighted by atomic mass is 9.85. The van der Waals surface area contributed by atoms with Gasteiger partial charge in [0.2, 0.25) is 0 Å². The van der Waals surface area contributed by atoms with Gasteiger partial charge in [0.25, 0.3) is 5.91 Å². The molecule has 2 aromatic rings. The molecular formula is C18H17NO. The van der Waals surface area contributed by atoms with Crippen molar-refractivity contribution in [2.24, 2.45) is 0 Å². The molecule has 0 spiro atoms. The summed E-state index contributed by atoms with van der Waals surface area (Å²) in [4.78, 5) is 14.3. The van der Waals surface area contributed by atoms with Crippen molar-refractivity contribution in [3.05, 3.63) is 77.4 Å². The van der Waals surface area contributed by atoms with Gasteiger partial charge in [-0.25, -0.2) is 0 Å². The van der Waals surface area contributed by atoms with Gasteiger partial charge in [-0.2, -0.15) is 0 Å². The zero-order chi connectivity index (χ0) is 14.1. The summed E-state index contributed by atoms with van der Waals surface area (Å²) in [6.45, 7) is 4.01. The number of amides is 1. The van der Waals surface area contributed by atoms with Gasteiger partial charge in [-0.15, -0.1) is 0 Å². The smallest absolute Gasteiger partial charge is 0.257 e. The van der Waals surface area contributed by atoms with Gasteiger partial charge < -0.3 is 0 Å². The highest BCUT2D eigenvalue weighted by molar-refractivity contribution is 6.15. The number of anilines is 1. The minimum Gasteiger partial charge on any atom is -0.297 e. The predicted octanol–water partition coefficient (Wildman–Crippen LogP) is 4.11. The van der Waals surface area contributed by atoms with Gasteiger partial charge >= 0.3 is 0 Å². The minimum atomic E-state index is 0.0381. The van der Waals surface area contributed by atoms with Crippen LogP contribution in [0.2, 0.25) is 0 Å². The lowest BCUT2D eigenvalue weighted by Gasteiger charge is -2.44. The van der Waals surface area contributed by atoms with Gasteiger partial charge in [0.1, 0.15) is 0 Å². The molecule has 3 rings (SSSR count). The van der Waals surface area contributed by atoms with Crippen LogP contribution in [0.1, 0.15) is 25.5 Å². The predicted molar refractivity (Wildman–Crippen MR) is 81.5 cm³/mol. The highest BCUT2D eigenvalue weighted by atomic mass is 16.2. The molecule has 1 atom stereocenters. The normalized spacial score (nSPS) is 17.9. The molecule has 20 heavy (non-hydrogen) atoms. The largest absolute Gasteiger partial charge is 0.297 e. The van der Waals surface area contributed by atoms with Gasteiger partial charge in [0.15, 0.2) is 0 Å². The molecule has 1 fully saturated rings. The lowest BCUT2D eigenvalue weighted by Crippen LogP contribution is -2.49. The van der Waals surface area contributed by atoms with Crippen LogP contribution in [0.5, 0.6) is 0 Å². The number of hydrogen-bond acceptors (Lipinski definition) is 1. The zero-order valence-corrected chi connectivity index (χ0v) is 11.7. The average Bonchev–Trinajstić information content (AvgIpc) is 2.46. The highest BCUT2D eigenvalue weighted by Crippen LogP contribution is 2.44. The summed E-state index contributed by atoms with van der Waals surface area (Å²) >= 11 is 0. The van der Waals surface area contributed by atoms with Crippen molar-refractivity contribution in [2.45, 2.75) is 19.9 Å². The Balaban J connectivity index is 2.07. The van der Waals surface area contributed by atoms with E-state index in [1.54, 1.807) is 0 Å². The number of benzene rings is 2. The molecule has 0 aliphatic carbocycles. The van der Waals surface area contributed by atoms with Crippen LogP contribution in [-0.4, -0.2) is 5.91 Å². The van der Waals surface area contributed by atoms with E-state index in [1.165, 1.54) is 0 Å². The number of allylic oxidation sites excluding steroid dienone is 1. The molecule has 0 bridgehead atoms. The molecule has 1 aliphatic heterocycles. The Bertz CT molecular complexity index is 654. The fourth-order valence-electron chi connectivity index (χ4n) is 2.72. The molecule has 0 radical (unpaired) electrons. The zero-order valence-electron chi connectivity index (χ0n) is 11.7. The van der Waals surface area contributed by atoms with Crippen molar-refractivity contribution >= 4 is 11.6 Å². The molecule has 1 saturated heterocycles. The lowest BCUT2D eigenvalue weighted by molar-refractivity contribution is -0.119. The molecule has 0 saturated carbocycles. The van der Waals surface area contributed by atoms with Crippen LogP contribution < -0.4 is 4.90 Å². The van der Waals surface area contributed by atoms with E-state index in [0.717, 1.165) is 22.4 Å². The summed E-state index contributed by atoms with van der Waals surface area (Å²) in [6, 6.07) is 20.1. The van der Waals surface area contributed by atoms with Crippen LogP contribution in [-0.2, 0) is 4.79 Å². The Labute approximate surface area is 119 Å². The first-order valence-corrected chi connectivity index (χ1v) is 6.81. The van der Waals surface area contributed by atoms with Crippen LogP contribution in [0, 0.1) is 0 Å². The van der Waals surface area contributed by atoms with Crippen molar-refractivity contribution in [3.8, 4) is 0 Å². The summed E-state index contributed by atoms with van der Waals surface area (Å²) in [5.41, 5.74) is 4.12. The first-order valence-electron chi connectivity index (χ1n) is 6.81. The molecule has 1 amide bonds. The third-order valence-corrected chi connectivity index (χ3v) is 3.67. The second kappa shape index (κ2) is 4.97. The van der Waals surface area contributed by atoms with Gasteiger partial charge in [-0.05, 0) is 31.5 Å². The van der Waals surface area contributed by atoms with Crippen LogP contribution in [0.15, 0.2) is 71.8 Å². The first kappa shape index (κ1) is 12.7. The Kier molecular flexibility index (Phi) is 3.15. The molecule has 0 aromatic heterocycles. The number of rotatable bonds is 2. The molecule has 100 valence electrons. The molecule has 1 heterocycles. The van der Waals surface area contributed by atoms with Crippen molar-refractivity contribution < 1.29 is 4.79 Å². The third-order valence-electron chi connectivity index (χ3n) is 3.67. The Morgan fingerprint density at radius 2 is 1.45 bits per heavy atom. The summed E-state index contributed by atoms with van der Waals surface area (Å²) in [6.07, 6.45) is 0. The maximum absolute atomic E-state index is 12.5. The van der Waals surface area contributed by atoms with Crippen LogP contribution in [0.4, 0.5) is 5.69 Å². The third kappa shape index (κ3) is 1.94. The van der Waals surface area contributed by atoms with E-state index in [9.17, 15) is 4.79 Å². The highest BCUT2D eigenvalue weighted by Gasteiger charge is 2.44. The molecule has 2 nitrogen and oxygen atoms in total. The molecule has 2 aromatic carbocycles. The van der Waals surface area contributed by atoms with Crippen molar-refractivity contribution in [1.82, 2.24) is 0 Å². The van der Waals surface area contributed by atoms with Gasteiger partial charge in [0, 0.05) is 11.3 Å². The number of para-hydroxylation sites is 1. The van der Waals surface area contributed by atoms with Gasteiger partial charge in [0.05, 0.1) is 6.04 Å². The monoisotopic (exact) mass is 263 g/mol. The molecule has 2 heteroatoms. The summed E-state index contributed by atoms with van der Waals surface area (Å²) < 4.78 is 0. The van der Waals surface area contributed by atoms with Crippen LogP contribution in [0.25, 0.3) is 0 Å². The fourth-order valence-corrected chi connectivity index (χ4v) is 2.72. The fraction of sp³-hybridized carbons (Fsp3) is 0.167. The van der Waals surface area contributed by atoms with Crippen molar-refractivity contribution in [2.75, 3.05) is 4.90 Å². The van der Waals surface area contributed by atoms with E-state index >= 15 is 0 Å². The van der Waals surface area contributed by atoms with E-state index in [0.29, 0.717) is 0 Å². The van der Waals surface area contributed by atoms with Crippen LogP contribution in [0.3, 0.4) is 0 Å². The average molecular weight is 263 g/mol. The van der Waals surface area contributed by atoms with Crippen molar-refractivity contribution in [1.29, 1.82) is 0 Å². The Morgan fingerprint density at radius 3 is 2.00 bits per heavy atom. The van der Waals surface area contributed by atoms with Gasteiger partial charge in [-0.3, -0.25) is 9.69 Å². The SMILES string of the molecule is CC(C)=C1C(=O)N(c2ccccc2)C1c1ccccc1. The number of carbonyl (C=O) groups is 1. The molecule has 0 N–H and O–H groups in total. The number of nitrogens with zero attached hydrogens (tertiary/aromatic N) is 1. The first-order chi connectivity index (χ1) is 9.70. The maximum atomic E-state index is 12.5. The quantitative estimate of drug-likeness (QED) is 0.590. The Hall–Kier alpha value is -2.35. The Morgan fingerprint density at radius 1 is 0.900 bits per heavy atom. The topological polar surface area (TPSA) is 20.3 Å². The number of β-lactam (4-membered cyclic amide) rings is 1. The summed E-state index contributed by atoms with van der Waals surface area (Å²) in [5, 5.41) is 0. The molecular weight excluding hydrogens is 246 g/mol. The summed E-state index contributed by atoms with van der Waals surface area (Å²) in [7, 11) is 0. The second-order valence-corrected chi connectivity index (χ2v) is 5.24. The van der Waals surface area contributed by atoms with E-state index < -0.39 is 0 Å². The molecule has 1 aliphatic rings. The number of carbonyl (C=O) groups excluding carboxylic acids is 1. The number of hydrogen-bond donors (Lipinski definition) is 0. The minimum absolute atomic E-state index is 0.0381. The van der Waals surface area contributed by atoms with E-state index in [-0.39, 0.29) is 11.9 Å². The second-order valence-electron chi connectivity index (χ2n) is 5.24. The van der Waals surface area contributed by atoms with E-state index in [4.69, 9.17) is 0 Å². The standard InChI is InChI=1S/C18H17NO/c1-13(2)16-17(14-9-5-3-6-10-14)19(18(16)20)15-11-7-4-8-12-15/h3-12,17H,1-2H3. The maximum Gasteiger partial charge on any atom is 0.257 e. The summed E-state index contributed by atoms with van der Waals surface area (Å²) in [5.74, 6) is 0.116. The van der Waals surface area contributed by atoms with Crippen LogP contribution >= 0.6 is 0 Å². The van der Waals surface area contributed by atoms with Crippen molar-refractivity contribution in [3.63, 3.8) is 0 Å². The molecule has 1 unspecified atom stereocenters.